The van der Waals surface area contributed by atoms with Crippen LogP contribution in [0.4, 0.5) is 0 Å². The van der Waals surface area contributed by atoms with Crippen molar-refractivity contribution >= 4 is 34.1 Å². The fraction of sp³-hybridized carbons (Fsp3) is 0.167. The summed E-state index contributed by atoms with van der Waals surface area (Å²) in [5, 5.41) is 2.71. The number of nitrogens with zero attached hydrogens (tertiary/aromatic N) is 1. The van der Waals surface area contributed by atoms with E-state index in [0.717, 1.165) is 17.5 Å². The van der Waals surface area contributed by atoms with Crippen molar-refractivity contribution in [3.05, 3.63) is 44.5 Å². The molecule has 0 radical (unpaired) electrons. The lowest BCUT2D eigenvalue weighted by Gasteiger charge is -1.98. The summed E-state index contributed by atoms with van der Waals surface area (Å²) >= 11 is 3.15. The zero-order valence-corrected chi connectivity index (χ0v) is 11.3. The summed E-state index contributed by atoms with van der Waals surface area (Å²) in [6.45, 7) is 0. The first kappa shape index (κ1) is 11.6. The molecule has 0 bridgehead atoms. The van der Waals surface area contributed by atoms with Crippen LogP contribution in [-0.2, 0) is 6.42 Å². The van der Waals surface area contributed by atoms with Gasteiger partial charge >= 0.3 is 0 Å². The summed E-state index contributed by atoms with van der Waals surface area (Å²) in [6, 6.07) is 4.12. The zero-order valence-electron chi connectivity index (χ0n) is 9.69. The maximum absolute atomic E-state index is 11.8. The molecular formula is C12H11N3OS2. The van der Waals surface area contributed by atoms with Gasteiger partial charge in [-0.3, -0.25) is 9.78 Å². The quantitative estimate of drug-likeness (QED) is 0.571. The van der Waals surface area contributed by atoms with Gasteiger partial charge in [0.1, 0.15) is 11.0 Å². The first-order chi connectivity index (χ1) is 8.78. The third-order valence-corrected chi connectivity index (χ3v) is 4.19. The normalized spacial score (nSPS) is 11.2. The van der Waals surface area contributed by atoms with Gasteiger partial charge in [0.15, 0.2) is 5.16 Å². The van der Waals surface area contributed by atoms with Crippen LogP contribution in [0.3, 0.4) is 0 Å². The summed E-state index contributed by atoms with van der Waals surface area (Å²) in [4.78, 5) is 23.3. The SMILES string of the molecule is CSc1nc2c(Cc3cccs3)c[nH]c2c(=O)[nH]1. The third-order valence-electron chi connectivity index (χ3n) is 2.73. The minimum Gasteiger partial charge on any atom is -0.355 e. The van der Waals surface area contributed by atoms with Gasteiger partial charge in [-0.25, -0.2) is 4.98 Å². The molecule has 0 atom stereocenters. The van der Waals surface area contributed by atoms with E-state index in [0.29, 0.717) is 10.7 Å². The van der Waals surface area contributed by atoms with Crippen molar-refractivity contribution in [1.29, 1.82) is 0 Å². The lowest BCUT2D eigenvalue weighted by atomic mass is 10.2. The van der Waals surface area contributed by atoms with E-state index >= 15 is 0 Å². The molecule has 18 heavy (non-hydrogen) atoms. The molecule has 3 heterocycles. The molecule has 6 heteroatoms. The molecule has 0 aliphatic rings. The highest BCUT2D eigenvalue weighted by Gasteiger charge is 2.10. The molecule has 4 nitrogen and oxygen atoms in total. The molecule has 3 aromatic heterocycles. The van der Waals surface area contributed by atoms with Crippen LogP contribution in [0.2, 0.25) is 0 Å². The summed E-state index contributed by atoms with van der Waals surface area (Å²) in [7, 11) is 0. The van der Waals surface area contributed by atoms with Crippen molar-refractivity contribution in [2.75, 3.05) is 6.26 Å². The fourth-order valence-corrected chi connectivity index (χ4v) is 2.98. The lowest BCUT2D eigenvalue weighted by Crippen LogP contribution is -2.08. The Kier molecular flexibility index (Phi) is 2.97. The number of hydrogen-bond donors (Lipinski definition) is 2. The molecule has 0 aliphatic heterocycles. The Morgan fingerprint density at radius 3 is 3.11 bits per heavy atom. The second kappa shape index (κ2) is 4.62. The van der Waals surface area contributed by atoms with E-state index in [1.165, 1.54) is 16.6 Å². The van der Waals surface area contributed by atoms with Crippen LogP contribution in [0.25, 0.3) is 11.0 Å². The number of nitrogens with one attached hydrogen (secondary N) is 2. The van der Waals surface area contributed by atoms with Crippen molar-refractivity contribution in [2.45, 2.75) is 11.6 Å². The molecule has 92 valence electrons. The van der Waals surface area contributed by atoms with E-state index in [1.807, 2.05) is 18.5 Å². The van der Waals surface area contributed by atoms with E-state index in [4.69, 9.17) is 0 Å². The molecule has 0 amide bonds. The van der Waals surface area contributed by atoms with E-state index in [9.17, 15) is 4.79 Å². The van der Waals surface area contributed by atoms with Gasteiger partial charge in [-0.1, -0.05) is 17.8 Å². The molecule has 0 fully saturated rings. The highest BCUT2D eigenvalue weighted by molar-refractivity contribution is 7.98. The Hall–Kier alpha value is -1.53. The van der Waals surface area contributed by atoms with Crippen molar-refractivity contribution in [2.24, 2.45) is 0 Å². The number of thioether (sulfide) groups is 1. The maximum Gasteiger partial charge on any atom is 0.275 e. The molecule has 0 aliphatic carbocycles. The molecule has 0 aromatic carbocycles. The van der Waals surface area contributed by atoms with Gasteiger partial charge in [-0.05, 0) is 17.7 Å². The number of hydrogen-bond acceptors (Lipinski definition) is 4. The Balaban J connectivity index is 2.13. The highest BCUT2D eigenvalue weighted by atomic mass is 32.2. The van der Waals surface area contributed by atoms with Gasteiger partial charge in [0, 0.05) is 23.1 Å². The number of aromatic nitrogens is 3. The number of aromatic amines is 2. The van der Waals surface area contributed by atoms with Crippen molar-refractivity contribution in [3.8, 4) is 0 Å². The van der Waals surface area contributed by atoms with Crippen LogP contribution < -0.4 is 5.56 Å². The summed E-state index contributed by atoms with van der Waals surface area (Å²) in [5.41, 5.74) is 2.28. The molecule has 3 rings (SSSR count). The second-order valence-electron chi connectivity index (χ2n) is 3.87. The number of thiophene rings is 1. The number of H-pyrrole nitrogens is 2. The van der Waals surface area contributed by atoms with Gasteiger partial charge in [0.05, 0.1) is 0 Å². The van der Waals surface area contributed by atoms with Crippen LogP contribution in [0.15, 0.2) is 33.7 Å². The Labute approximate surface area is 111 Å². The standard InChI is InChI=1S/C12H11N3OS2/c1-17-12-14-9-7(5-8-3-2-4-18-8)6-13-10(9)11(16)15-12/h2-4,6,13H,5H2,1H3,(H,14,15,16). The smallest absolute Gasteiger partial charge is 0.275 e. The molecule has 2 N–H and O–H groups in total. The van der Waals surface area contributed by atoms with Crippen molar-refractivity contribution in [1.82, 2.24) is 15.0 Å². The van der Waals surface area contributed by atoms with E-state index in [-0.39, 0.29) is 5.56 Å². The van der Waals surface area contributed by atoms with E-state index in [2.05, 4.69) is 26.4 Å². The van der Waals surface area contributed by atoms with Crippen LogP contribution in [0.5, 0.6) is 0 Å². The topological polar surface area (TPSA) is 61.5 Å². The average molecular weight is 277 g/mol. The van der Waals surface area contributed by atoms with Crippen LogP contribution in [-0.4, -0.2) is 21.2 Å². The van der Waals surface area contributed by atoms with Crippen LogP contribution in [0, 0.1) is 0 Å². The summed E-state index contributed by atoms with van der Waals surface area (Å²) < 4.78 is 0. The van der Waals surface area contributed by atoms with Crippen LogP contribution >= 0.6 is 23.1 Å². The number of rotatable bonds is 3. The molecule has 0 unspecified atom stereocenters. The second-order valence-corrected chi connectivity index (χ2v) is 5.70. The fourth-order valence-electron chi connectivity index (χ4n) is 1.88. The van der Waals surface area contributed by atoms with Gasteiger partial charge < -0.3 is 4.98 Å². The summed E-state index contributed by atoms with van der Waals surface area (Å²) in [6.07, 6.45) is 4.58. The highest BCUT2D eigenvalue weighted by Crippen LogP contribution is 2.21. The Morgan fingerprint density at radius 2 is 2.39 bits per heavy atom. The van der Waals surface area contributed by atoms with Gasteiger partial charge in [-0.15, -0.1) is 11.3 Å². The first-order valence-corrected chi connectivity index (χ1v) is 7.55. The minimum absolute atomic E-state index is 0.109. The molecule has 0 saturated heterocycles. The van der Waals surface area contributed by atoms with E-state index < -0.39 is 0 Å². The average Bonchev–Trinajstić information content (AvgIpc) is 3.00. The van der Waals surface area contributed by atoms with Gasteiger partial charge in [0.2, 0.25) is 0 Å². The Morgan fingerprint density at radius 1 is 1.50 bits per heavy atom. The van der Waals surface area contributed by atoms with Crippen LogP contribution in [0.1, 0.15) is 10.4 Å². The molecule has 3 aromatic rings. The third kappa shape index (κ3) is 1.97. The maximum atomic E-state index is 11.8. The first-order valence-electron chi connectivity index (χ1n) is 5.44. The molecule has 0 saturated carbocycles. The lowest BCUT2D eigenvalue weighted by molar-refractivity contribution is 0.972. The minimum atomic E-state index is -0.109. The van der Waals surface area contributed by atoms with Crippen molar-refractivity contribution < 1.29 is 0 Å². The largest absolute Gasteiger partial charge is 0.355 e. The van der Waals surface area contributed by atoms with Gasteiger partial charge in [-0.2, -0.15) is 0 Å². The number of fused-ring (bicyclic) bond motifs is 1. The van der Waals surface area contributed by atoms with Crippen molar-refractivity contribution in [3.63, 3.8) is 0 Å². The Bertz CT molecular complexity index is 727. The molecule has 0 spiro atoms. The monoisotopic (exact) mass is 277 g/mol. The van der Waals surface area contributed by atoms with E-state index in [1.54, 1.807) is 11.3 Å². The summed E-state index contributed by atoms with van der Waals surface area (Å²) in [5.74, 6) is 0. The molecular weight excluding hydrogens is 266 g/mol. The van der Waals surface area contributed by atoms with Gasteiger partial charge in [0.25, 0.3) is 5.56 Å². The predicted octanol–water partition coefficient (Wildman–Crippen LogP) is 2.63. The zero-order chi connectivity index (χ0) is 12.5. The predicted molar refractivity (Wildman–Crippen MR) is 75.6 cm³/mol.